The number of carbonyl (C=O) groups excluding carboxylic acids is 1. The van der Waals surface area contributed by atoms with Crippen molar-refractivity contribution in [3.8, 4) is 0 Å². The SMILES string of the molecule is O=C1C=C(Cc2ccc(F)c(Cl)c2)CCCC1. The van der Waals surface area contributed by atoms with Crippen LogP contribution in [-0.2, 0) is 11.2 Å². The molecular formula is C14H14ClFO. The van der Waals surface area contributed by atoms with Gasteiger partial charge in [-0.3, -0.25) is 4.79 Å². The lowest BCUT2D eigenvalue weighted by Gasteiger charge is -2.06. The van der Waals surface area contributed by atoms with Gasteiger partial charge in [0.25, 0.3) is 0 Å². The van der Waals surface area contributed by atoms with Crippen LogP contribution in [0.1, 0.15) is 31.2 Å². The molecule has 0 aliphatic heterocycles. The molecule has 90 valence electrons. The van der Waals surface area contributed by atoms with E-state index in [2.05, 4.69) is 0 Å². The van der Waals surface area contributed by atoms with Crippen LogP contribution in [0.4, 0.5) is 4.39 Å². The molecule has 1 aliphatic rings. The van der Waals surface area contributed by atoms with Gasteiger partial charge in [0.1, 0.15) is 5.82 Å². The first-order chi connectivity index (χ1) is 8.15. The molecule has 3 heteroatoms. The summed E-state index contributed by atoms with van der Waals surface area (Å²) in [5.74, 6) is -0.202. The van der Waals surface area contributed by atoms with Gasteiger partial charge in [0.05, 0.1) is 5.02 Å². The maximum atomic E-state index is 13.0. The van der Waals surface area contributed by atoms with Crippen molar-refractivity contribution in [3.05, 3.63) is 46.3 Å². The zero-order valence-electron chi connectivity index (χ0n) is 9.51. The van der Waals surface area contributed by atoms with E-state index in [-0.39, 0.29) is 10.8 Å². The van der Waals surface area contributed by atoms with E-state index in [1.165, 1.54) is 6.07 Å². The van der Waals surface area contributed by atoms with E-state index in [0.29, 0.717) is 12.8 Å². The Morgan fingerprint density at radius 2 is 2.00 bits per heavy atom. The molecule has 0 unspecified atom stereocenters. The lowest BCUT2D eigenvalue weighted by atomic mass is 10.0. The van der Waals surface area contributed by atoms with Crippen LogP contribution in [-0.4, -0.2) is 5.78 Å². The molecule has 1 aromatic carbocycles. The highest BCUT2D eigenvalue weighted by molar-refractivity contribution is 6.30. The van der Waals surface area contributed by atoms with Crippen molar-refractivity contribution in [1.29, 1.82) is 0 Å². The van der Waals surface area contributed by atoms with Crippen molar-refractivity contribution < 1.29 is 9.18 Å². The minimum atomic E-state index is -0.402. The molecule has 0 fully saturated rings. The summed E-state index contributed by atoms with van der Waals surface area (Å²) in [7, 11) is 0. The number of hydrogen-bond donors (Lipinski definition) is 0. The van der Waals surface area contributed by atoms with Gasteiger partial charge in [0.15, 0.2) is 5.78 Å². The Hall–Kier alpha value is -1.15. The van der Waals surface area contributed by atoms with Gasteiger partial charge in [-0.1, -0.05) is 23.2 Å². The largest absolute Gasteiger partial charge is 0.295 e. The summed E-state index contributed by atoms with van der Waals surface area (Å²) in [6.07, 6.45) is 6.03. The summed E-state index contributed by atoms with van der Waals surface area (Å²) in [5, 5.41) is 0.142. The van der Waals surface area contributed by atoms with Gasteiger partial charge in [-0.2, -0.15) is 0 Å². The molecule has 0 aromatic heterocycles. The van der Waals surface area contributed by atoms with Crippen molar-refractivity contribution in [2.75, 3.05) is 0 Å². The van der Waals surface area contributed by atoms with E-state index in [4.69, 9.17) is 11.6 Å². The van der Waals surface area contributed by atoms with Crippen molar-refractivity contribution in [2.45, 2.75) is 32.1 Å². The Morgan fingerprint density at radius 3 is 2.76 bits per heavy atom. The van der Waals surface area contributed by atoms with Crippen LogP contribution in [0.3, 0.4) is 0 Å². The smallest absolute Gasteiger partial charge is 0.155 e. The third kappa shape index (κ3) is 3.40. The van der Waals surface area contributed by atoms with Crippen LogP contribution < -0.4 is 0 Å². The molecular weight excluding hydrogens is 239 g/mol. The van der Waals surface area contributed by atoms with Crippen molar-refractivity contribution >= 4 is 17.4 Å². The number of benzene rings is 1. The molecule has 2 rings (SSSR count). The minimum absolute atomic E-state index is 0.142. The third-order valence-corrected chi connectivity index (χ3v) is 3.24. The molecule has 1 aliphatic carbocycles. The Kier molecular flexibility index (Phi) is 3.95. The Balaban J connectivity index is 2.14. The molecule has 0 amide bonds. The fraction of sp³-hybridized carbons (Fsp3) is 0.357. The number of ketones is 1. The molecule has 1 aromatic rings. The second-order valence-electron chi connectivity index (χ2n) is 4.40. The van der Waals surface area contributed by atoms with Crippen LogP contribution >= 0.6 is 11.6 Å². The molecule has 0 heterocycles. The Bertz CT molecular complexity index is 465. The van der Waals surface area contributed by atoms with Gasteiger partial charge < -0.3 is 0 Å². The maximum absolute atomic E-state index is 13.0. The molecule has 17 heavy (non-hydrogen) atoms. The zero-order chi connectivity index (χ0) is 12.3. The average molecular weight is 253 g/mol. The second-order valence-corrected chi connectivity index (χ2v) is 4.81. The molecule has 0 spiro atoms. The van der Waals surface area contributed by atoms with Crippen LogP contribution in [0, 0.1) is 5.82 Å². The van der Waals surface area contributed by atoms with E-state index in [9.17, 15) is 9.18 Å². The average Bonchev–Trinajstić information content (AvgIpc) is 2.48. The summed E-state index contributed by atoms with van der Waals surface area (Å²) >= 11 is 5.73. The van der Waals surface area contributed by atoms with Crippen molar-refractivity contribution in [3.63, 3.8) is 0 Å². The first kappa shape index (κ1) is 12.3. The van der Waals surface area contributed by atoms with Crippen molar-refractivity contribution in [2.24, 2.45) is 0 Å². The predicted molar refractivity (Wildman–Crippen MR) is 66.7 cm³/mol. The van der Waals surface area contributed by atoms with E-state index in [1.807, 2.05) is 0 Å². The molecule has 0 saturated heterocycles. The highest BCUT2D eigenvalue weighted by atomic mass is 35.5. The molecule has 0 bridgehead atoms. The summed E-state index contributed by atoms with van der Waals surface area (Å²) in [5.41, 5.74) is 2.08. The van der Waals surface area contributed by atoms with E-state index < -0.39 is 5.82 Å². The topological polar surface area (TPSA) is 17.1 Å². The van der Waals surface area contributed by atoms with Crippen LogP contribution in [0.15, 0.2) is 29.8 Å². The standard InChI is InChI=1S/C14H14ClFO/c15-13-9-11(5-6-14(13)16)7-10-3-1-2-4-12(17)8-10/h5-6,8-9H,1-4,7H2. The molecule has 0 atom stereocenters. The summed E-state index contributed by atoms with van der Waals surface area (Å²) in [6.45, 7) is 0. The maximum Gasteiger partial charge on any atom is 0.155 e. The van der Waals surface area contributed by atoms with Crippen LogP contribution in [0.2, 0.25) is 5.02 Å². The van der Waals surface area contributed by atoms with Crippen LogP contribution in [0.25, 0.3) is 0 Å². The number of allylic oxidation sites excluding steroid dienone is 2. The normalized spacial score (nSPS) is 16.6. The summed E-state index contributed by atoms with van der Waals surface area (Å²) in [6, 6.07) is 4.72. The first-order valence-electron chi connectivity index (χ1n) is 5.81. The van der Waals surface area contributed by atoms with Gasteiger partial charge in [-0.15, -0.1) is 0 Å². The first-order valence-corrected chi connectivity index (χ1v) is 6.19. The number of halogens is 2. The lowest BCUT2D eigenvalue weighted by molar-refractivity contribution is -0.114. The lowest BCUT2D eigenvalue weighted by Crippen LogP contribution is -1.94. The molecule has 0 N–H and O–H groups in total. The summed E-state index contributed by atoms with van der Waals surface area (Å²) < 4.78 is 13.0. The van der Waals surface area contributed by atoms with Gasteiger partial charge >= 0.3 is 0 Å². The summed E-state index contributed by atoms with van der Waals surface area (Å²) in [4.78, 5) is 11.4. The van der Waals surface area contributed by atoms with E-state index in [0.717, 1.165) is 30.4 Å². The van der Waals surface area contributed by atoms with E-state index in [1.54, 1.807) is 18.2 Å². The zero-order valence-corrected chi connectivity index (χ0v) is 10.3. The van der Waals surface area contributed by atoms with Gasteiger partial charge in [0, 0.05) is 6.42 Å². The fourth-order valence-corrected chi connectivity index (χ4v) is 2.28. The van der Waals surface area contributed by atoms with Crippen LogP contribution in [0.5, 0.6) is 0 Å². The molecule has 0 saturated carbocycles. The van der Waals surface area contributed by atoms with E-state index >= 15 is 0 Å². The predicted octanol–water partition coefficient (Wildman–Crippen LogP) is 4.09. The highest BCUT2D eigenvalue weighted by Gasteiger charge is 2.09. The number of carbonyl (C=O) groups is 1. The quantitative estimate of drug-likeness (QED) is 0.775. The number of hydrogen-bond acceptors (Lipinski definition) is 1. The third-order valence-electron chi connectivity index (χ3n) is 2.95. The van der Waals surface area contributed by atoms with Gasteiger partial charge in [0.2, 0.25) is 0 Å². The highest BCUT2D eigenvalue weighted by Crippen LogP contribution is 2.22. The van der Waals surface area contributed by atoms with Crippen molar-refractivity contribution in [1.82, 2.24) is 0 Å². The molecule has 0 radical (unpaired) electrons. The number of rotatable bonds is 2. The van der Waals surface area contributed by atoms with Gasteiger partial charge in [-0.05, 0) is 49.5 Å². The Labute approximate surface area is 105 Å². The molecule has 1 nitrogen and oxygen atoms in total. The Morgan fingerprint density at radius 1 is 1.24 bits per heavy atom. The fourth-order valence-electron chi connectivity index (χ4n) is 2.07. The monoisotopic (exact) mass is 252 g/mol. The second kappa shape index (κ2) is 5.46. The minimum Gasteiger partial charge on any atom is -0.295 e. The van der Waals surface area contributed by atoms with Gasteiger partial charge in [-0.25, -0.2) is 4.39 Å².